The van der Waals surface area contributed by atoms with Crippen LogP contribution in [0.25, 0.3) is 0 Å². The lowest BCUT2D eigenvalue weighted by Crippen LogP contribution is -2.16. The number of halogens is 1. The second-order valence-electron chi connectivity index (χ2n) is 4.59. The quantitative estimate of drug-likeness (QED) is 0.813. The van der Waals surface area contributed by atoms with Gasteiger partial charge in [-0.3, -0.25) is 4.72 Å². The average Bonchev–Trinajstić information content (AvgIpc) is 2.42. The molecule has 0 spiro atoms. The van der Waals surface area contributed by atoms with Gasteiger partial charge in [-0.25, -0.2) is 22.0 Å². The second kappa shape index (κ2) is 5.99. The number of sulfonamides is 2. The van der Waals surface area contributed by atoms with Gasteiger partial charge in [-0.05, 0) is 48.9 Å². The van der Waals surface area contributed by atoms with Crippen molar-refractivity contribution in [3.05, 3.63) is 52.5 Å². The summed E-state index contributed by atoms with van der Waals surface area (Å²) in [6, 6.07) is 9.84. The van der Waals surface area contributed by atoms with Gasteiger partial charge in [0.25, 0.3) is 10.0 Å². The third kappa shape index (κ3) is 3.86. The molecule has 0 heterocycles. The number of benzene rings is 2. The van der Waals surface area contributed by atoms with Crippen molar-refractivity contribution >= 4 is 41.7 Å². The molecule has 22 heavy (non-hydrogen) atoms. The largest absolute Gasteiger partial charge is 0.280 e. The molecule has 0 aliphatic rings. The number of hydrogen-bond acceptors (Lipinski definition) is 4. The zero-order chi connectivity index (χ0) is 16.5. The van der Waals surface area contributed by atoms with Gasteiger partial charge in [-0.15, -0.1) is 0 Å². The minimum Gasteiger partial charge on any atom is -0.280 e. The third-order valence-electron chi connectivity index (χ3n) is 2.85. The molecule has 6 nitrogen and oxygen atoms in total. The van der Waals surface area contributed by atoms with E-state index in [1.54, 1.807) is 18.2 Å². The maximum absolute atomic E-state index is 12.3. The monoisotopic (exact) mass is 404 g/mol. The van der Waals surface area contributed by atoms with Crippen LogP contribution in [0.4, 0.5) is 5.69 Å². The zero-order valence-corrected chi connectivity index (χ0v) is 14.7. The SMILES string of the molecule is Cc1cc(NS(=O)(=O)c2cccc(S(N)(=O)=O)c2)ccc1Br. The van der Waals surface area contributed by atoms with Gasteiger partial charge in [0.05, 0.1) is 9.79 Å². The first-order chi connectivity index (χ1) is 10.1. The summed E-state index contributed by atoms with van der Waals surface area (Å²) in [4.78, 5) is -0.443. The van der Waals surface area contributed by atoms with Crippen LogP contribution < -0.4 is 9.86 Å². The number of hydrogen-bond donors (Lipinski definition) is 2. The molecule has 0 bridgehead atoms. The molecule has 0 unspecified atom stereocenters. The van der Waals surface area contributed by atoms with Gasteiger partial charge in [0.1, 0.15) is 0 Å². The van der Waals surface area contributed by atoms with E-state index in [4.69, 9.17) is 5.14 Å². The van der Waals surface area contributed by atoms with Crippen molar-refractivity contribution < 1.29 is 16.8 Å². The van der Waals surface area contributed by atoms with Gasteiger partial charge in [0, 0.05) is 10.2 Å². The molecular formula is C13H13BrN2O4S2. The van der Waals surface area contributed by atoms with Crippen LogP contribution in [0.15, 0.2) is 56.7 Å². The molecule has 0 atom stereocenters. The van der Waals surface area contributed by atoms with Crippen molar-refractivity contribution in [1.29, 1.82) is 0 Å². The zero-order valence-electron chi connectivity index (χ0n) is 11.4. The molecule has 118 valence electrons. The minimum absolute atomic E-state index is 0.181. The fourth-order valence-corrected chi connectivity index (χ4v) is 3.72. The first kappa shape index (κ1) is 16.9. The van der Waals surface area contributed by atoms with Crippen molar-refractivity contribution in [3.8, 4) is 0 Å². The van der Waals surface area contributed by atoms with Gasteiger partial charge in [0.2, 0.25) is 10.0 Å². The van der Waals surface area contributed by atoms with E-state index < -0.39 is 20.0 Å². The van der Waals surface area contributed by atoms with Gasteiger partial charge in [-0.2, -0.15) is 0 Å². The predicted molar refractivity (Wildman–Crippen MR) is 87.5 cm³/mol. The van der Waals surface area contributed by atoms with E-state index in [1.807, 2.05) is 6.92 Å². The highest BCUT2D eigenvalue weighted by Crippen LogP contribution is 2.23. The van der Waals surface area contributed by atoms with Crippen LogP contribution in [0.5, 0.6) is 0 Å². The van der Waals surface area contributed by atoms with Crippen LogP contribution in [0.3, 0.4) is 0 Å². The molecular weight excluding hydrogens is 392 g/mol. The molecule has 9 heteroatoms. The molecule has 0 aliphatic heterocycles. The Morgan fingerprint density at radius 2 is 1.64 bits per heavy atom. The smallest absolute Gasteiger partial charge is 0.261 e. The molecule has 3 N–H and O–H groups in total. The van der Waals surface area contributed by atoms with Crippen LogP contribution in [-0.4, -0.2) is 16.8 Å². The number of primary sulfonamides is 1. The lowest BCUT2D eigenvalue weighted by molar-refractivity contribution is 0.597. The number of nitrogens with one attached hydrogen (secondary N) is 1. The normalized spacial score (nSPS) is 12.1. The Morgan fingerprint density at radius 1 is 1.00 bits per heavy atom. The standard InChI is InChI=1S/C13H13BrN2O4S2/c1-9-7-10(5-6-13(9)14)16-22(19,20)12-4-2-3-11(8-12)21(15,17)18/h2-8,16H,1H3,(H2,15,17,18). The molecule has 0 saturated carbocycles. The van der Waals surface area contributed by atoms with E-state index in [0.717, 1.165) is 16.1 Å². The summed E-state index contributed by atoms with van der Waals surface area (Å²) in [5.41, 5.74) is 1.24. The Morgan fingerprint density at radius 3 is 2.23 bits per heavy atom. The number of nitrogens with two attached hydrogens (primary N) is 1. The van der Waals surface area contributed by atoms with Crippen molar-refractivity contribution in [1.82, 2.24) is 0 Å². The summed E-state index contributed by atoms with van der Waals surface area (Å²) in [5, 5.41) is 5.01. The van der Waals surface area contributed by atoms with Crippen molar-refractivity contribution in [2.24, 2.45) is 5.14 Å². The Balaban J connectivity index is 2.40. The Hall–Kier alpha value is -1.42. The Kier molecular flexibility index (Phi) is 4.62. The Labute approximate surface area is 137 Å². The summed E-state index contributed by atoms with van der Waals surface area (Å²) < 4.78 is 50.5. The Bertz CT molecular complexity index is 925. The predicted octanol–water partition coefficient (Wildman–Crippen LogP) is 2.21. The van der Waals surface area contributed by atoms with Crippen LogP contribution in [0.2, 0.25) is 0 Å². The van der Waals surface area contributed by atoms with E-state index in [0.29, 0.717) is 5.69 Å². The second-order valence-corrected chi connectivity index (χ2v) is 8.69. The average molecular weight is 405 g/mol. The fraction of sp³-hybridized carbons (Fsp3) is 0.0769. The lowest BCUT2D eigenvalue weighted by Gasteiger charge is -2.10. The summed E-state index contributed by atoms with van der Waals surface area (Å²) in [6.45, 7) is 1.82. The summed E-state index contributed by atoms with van der Waals surface area (Å²) >= 11 is 3.33. The van der Waals surface area contributed by atoms with E-state index >= 15 is 0 Å². The highest BCUT2D eigenvalue weighted by Gasteiger charge is 2.17. The molecule has 0 radical (unpaired) electrons. The summed E-state index contributed by atoms with van der Waals surface area (Å²) in [5.74, 6) is 0. The van der Waals surface area contributed by atoms with Gasteiger partial charge in [0.15, 0.2) is 0 Å². The molecule has 2 rings (SSSR count). The van der Waals surface area contributed by atoms with Gasteiger partial charge in [-0.1, -0.05) is 22.0 Å². The summed E-state index contributed by atoms with van der Waals surface area (Å²) in [6.07, 6.45) is 0. The maximum atomic E-state index is 12.3. The van der Waals surface area contributed by atoms with Crippen LogP contribution in [0.1, 0.15) is 5.56 Å². The van der Waals surface area contributed by atoms with Gasteiger partial charge >= 0.3 is 0 Å². The van der Waals surface area contributed by atoms with Crippen molar-refractivity contribution in [2.45, 2.75) is 16.7 Å². The fourth-order valence-electron chi connectivity index (χ4n) is 1.74. The van der Waals surface area contributed by atoms with Crippen LogP contribution in [-0.2, 0) is 20.0 Å². The first-order valence-corrected chi connectivity index (χ1v) is 9.84. The van der Waals surface area contributed by atoms with Crippen molar-refractivity contribution in [2.75, 3.05) is 4.72 Å². The first-order valence-electron chi connectivity index (χ1n) is 6.01. The number of aryl methyl sites for hydroxylation is 1. The lowest BCUT2D eigenvalue weighted by atomic mass is 10.2. The van der Waals surface area contributed by atoms with Gasteiger partial charge < -0.3 is 0 Å². The molecule has 0 saturated heterocycles. The number of anilines is 1. The van der Waals surface area contributed by atoms with Crippen LogP contribution in [0, 0.1) is 6.92 Å². The molecule has 0 aliphatic carbocycles. The third-order valence-corrected chi connectivity index (χ3v) is 6.03. The molecule has 0 amide bonds. The highest BCUT2D eigenvalue weighted by atomic mass is 79.9. The van der Waals surface area contributed by atoms with E-state index in [-0.39, 0.29) is 9.79 Å². The molecule has 0 aromatic heterocycles. The topological polar surface area (TPSA) is 106 Å². The van der Waals surface area contributed by atoms with Crippen molar-refractivity contribution in [3.63, 3.8) is 0 Å². The van der Waals surface area contributed by atoms with Crippen LogP contribution >= 0.6 is 15.9 Å². The van der Waals surface area contributed by atoms with E-state index in [1.165, 1.54) is 18.2 Å². The van der Waals surface area contributed by atoms with E-state index in [2.05, 4.69) is 20.7 Å². The number of rotatable bonds is 4. The molecule has 2 aromatic rings. The minimum atomic E-state index is -3.97. The van der Waals surface area contributed by atoms with E-state index in [9.17, 15) is 16.8 Å². The molecule has 2 aromatic carbocycles. The summed E-state index contributed by atoms with van der Waals surface area (Å²) in [7, 11) is -7.88. The maximum Gasteiger partial charge on any atom is 0.261 e. The highest BCUT2D eigenvalue weighted by molar-refractivity contribution is 9.10. The molecule has 0 fully saturated rings.